The third-order valence-electron chi connectivity index (χ3n) is 5.11. The predicted octanol–water partition coefficient (Wildman–Crippen LogP) is 4.75. The van der Waals surface area contributed by atoms with E-state index in [4.69, 9.17) is 11.5 Å². The van der Waals surface area contributed by atoms with Gasteiger partial charge in [0.15, 0.2) is 0 Å². The number of nitrogens with zero attached hydrogens (tertiary/aromatic N) is 2. The van der Waals surface area contributed by atoms with Crippen molar-refractivity contribution in [1.29, 1.82) is 0 Å². The molecule has 4 N–H and O–H groups in total. The van der Waals surface area contributed by atoms with Crippen LogP contribution in [0.3, 0.4) is 0 Å². The normalized spacial score (nSPS) is 10.2. The maximum absolute atomic E-state index is 6.28. The van der Waals surface area contributed by atoms with Crippen LogP contribution in [0.4, 0.5) is 11.6 Å². The Morgan fingerprint density at radius 3 is 1.41 bits per heavy atom. The second-order valence-corrected chi connectivity index (χ2v) is 7.32. The van der Waals surface area contributed by atoms with Crippen molar-refractivity contribution >= 4 is 33.2 Å². The van der Waals surface area contributed by atoms with Gasteiger partial charge < -0.3 is 11.5 Å². The van der Waals surface area contributed by atoms with E-state index >= 15 is 0 Å². The van der Waals surface area contributed by atoms with Gasteiger partial charge in [-0.15, -0.1) is 0 Å². The van der Waals surface area contributed by atoms with Gasteiger partial charge in [-0.25, -0.2) is 9.97 Å². The van der Waals surface area contributed by atoms with Gasteiger partial charge in [-0.2, -0.15) is 0 Å². The highest BCUT2D eigenvalue weighted by Gasteiger charge is 2.07. The zero-order valence-electron chi connectivity index (χ0n) is 17.1. The van der Waals surface area contributed by atoms with Crippen LogP contribution in [0, 0.1) is 23.7 Å². The molecule has 0 aliphatic rings. The Hall–Kier alpha value is -4.80. The minimum absolute atomic E-state index is 0.0878. The second-order valence-electron chi connectivity index (χ2n) is 7.32. The van der Waals surface area contributed by atoms with Crippen molar-refractivity contribution in [3.05, 3.63) is 107 Å². The molecule has 150 valence electrons. The van der Waals surface area contributed by atoms with Gasteiger partial charge in [0.2, 0.25) is 5.95 Å². The first kappa shape index (κ1) is 19.2. The number of nitrogens with two attached hydrogens (primary N) is 2. The van der Waals surface area contributed by atoms with Crippen molar-refractivity contribution in [2.45, 2.75) is 0 Å². The zero-order valence-corrected chi connectivity index (χ0v) is 17.1. The lowest BCUT2D eigenvalue weighted by Gasteiger charge is -2.02. The molecular weight excluding hydrogens is 392 g/mol. The van der Waals surface area contributed by atoms with E-state index in [-0.39, 0.29) is 5.95 Å². The van der Waals surface area contributed by atoms with Crippen LogP contribution < -0.4 is 11.5 Å². The van der Waals surface area contributed by atoms with Crippen LogP contribution in [-0.4, -0.2) is 9.97 Å². The zero-order chi connectivity index (χ0) is 21.9. The molecular formula is C28H18N4. The van der Waals surface area contributed by atoms with Gasteiger partial charge >= 0.3 is 0 Å². The minimum atomic E-state index is 0.0878. The third-order valence-corrected chi connectivity index (χ3v) is 5.11. The van der Waals surface area contributed by atoms with E-state index < -0.39 is 0 Å². The highest BCUT2D eigenvalue weighted by molar-refractivity contribution is 5.84. The van der Waals surface area contributed by atoms with Crippen LogP contribution in [0.2, 0.25) is 0 Å². The van der Waals surface area contributed by atoms with Crippen LogP contribution in [0.1, 0.15) is 22.5 Å². The molecule has 0 bridgehead atoms. The molecule has 32 heavy (non-hydrogen) atoms. The number of rotatable bonds is 0. The van der Waals surface area contributed by atoms with Gasteiger partial charge in [0.05, 0.1) is 0 Å². The molecule has 0 unspecified atom stereocenters. The second kappa shape index (κ2) is 8.14. The van der Waals surface area contributed by atoms with Crippen LogP contribution in [0.15, 0.2) is 84.9 Å². The Labute approximate surface area is 185 Å². The monoisotopic (exact) mass is 410 g/mol. The Morgan fingerprint density at radius 1 is 0.500 bits per heavy atom. The summed E-state index contributed by atoms with van der Waals surface area (Å²) in [5.74, 6) is 12.4. The lowest BCUT2D eigenvalue weighted by molar-refractivity contribution is 1.15. The molecule has 0 aliphatic heterocycles. The molecule has 0 radical (unpaired) electrons. The molecule has 0 saturated heterocycles. The number of fused-ring (bicyclic) bond motifs is 2. The summed E-state index contributed by atoms with van der Waals surface area (Å²) in [7, 11) is 0. The van der Waals surface area contributed by atoms with E-state index in [9.17, 15) is 0 Å². The fourth-order valence-corrected chi connectivity index (χ4v) is 3.47. The van der Waals surface area contributed by atoms with Gasteiger partial charge in [-0.1, -0.05) is 72.5 Å². The number of hydrogen-bond donors (Lipinski definition) is 2. The summed E-state index contributed by atoms with van der Waals surface area (Å²) in [6.45, 7) is 0. The van der Waals surface area contributed by atoms with E-state index in [1.807, 2.05) is 60.7 Å². The van der Waals surface area contributed by atoms with E-state index in [0.717, 1.165) is 32.7 Å². The summed E-state index contributed by atoms with van der Waals surface area (Å²) in [5, 5.41) is 4.57. The summed E-state index contributed by atoms with van der Waals surface area (Å²) in [4.78, 5) is 8.41. The Morgan fingerprint density at radius 2 is 0.938 bits per heavy atom. The fourth-order valence-electron chi connectivity index (χ4n) is 3.47. The SMILES string of the molecule is Nc1nc(C#Cc2ccc3ccccc3c2)c(N)c(C#Cc2ccc3ccccc3c2)n1. The van der Waals surface area contributed by atoms with Crippen molar-refractivity contribution in [2.75, 3.05) is 11.5 Å². The van der Waals surface area contributed by atoms with E-state index in [1.165, 1.54) is 0 Å². The molecule has 4 nitrogen and oxygen atoms in total. The first-order chi connectivity index (χ1) is 15.7. The molecule has 4 heteroatoms. The molecule has 5 aromatic rings. The number of anilines is 2. The predicted molar refractivity (Wildman–Crippen MR) is 131 cm³/mol. The molecule has 0 aliphatic carbocycles. The largest absolute Gasteiger partial charge is 0.394 e. The Balaban J connectivity index is 1.49. The molecule has 4 aromatic carbocycles. The molecule has 0 amide bonds. The van der Waals surface area contributed by atoms with Gasteiger partial charge in [0, 0.05) is 11.1 Å². The van der Waals surface area contributed by atoms with E-state index in [2.05, 4.69) is 57.9 Å². The quantitative estimate of drug-likeness (QED) is 0.361. The molecule has 1 heterocycles. The number of hydrogen-bond acceptors (Lipinski definition) is 4. The first-order valence-electron chi connectivity index (χ1n) is 10.1. The minimum Gasteiger partial charge on any atom is -0.394 e. The van der Waals surface area contributed by atoms with E-state index in [0.29, 0.717) is 17.1 Å². The van der Waals surface area contributed by atoms with Crippen LogP contribution in [-0.2, 0) is 0 Å². The van der Waals surface area contributed by atoms with Gasteiger partial charge in [-0.05, 0) is 57.7 Å². The average Bonchev–Trinajstić information content (AvgIpc) is 2.83. The molecule has 0 atom stereocenters. The van der Waals surface area contributed by atoms with Crippen molar-refractivity contribution in [1.82, 2.24) is 9.97 Å². The van der Waals surface area contributed by atoms with Crippen molar-refractivity contribution < 1.29 is 0 Å². The fraction of sp³-hybridized carbons (Fsp3) is 0. The number of aromatic nitrogens is 2. The average molecular weight is 410 g/mol. The van der Waals surface area contributed by atoms with Crippen molar-refractivity contribution in [2.24, 2.45) is 0 Å². The van der Waals surface area contributed by atoms with Crippen molar-refractivity contribution in [3.8, 4) is 23.7 Å². The Bertz CT molecular complexity index is 1490. The maximum Gasteiger partial charge on any atom is 0.222 e. The van der Waals surface area contributed by atoms with Crippen LogP contribution >= 0.6 is 0 Å². The maximum atomic E-state index is 6.28. The Kier molecular flexibility index (Phi) is 4.88. The van der Waals surface area contributed by atoms with Gasteiger partial charge in [-0.3, -0.25) is 0 Å². The topological polar surface area (TPSA) is 77.8 Å². The molecule has 5 rings (SSSR count). The summed E-state index contributed by atoms with van der Waals surface area (Å²) in [5.41, 5.74) is 15.0. The van der Waals surface area contributed by atoms with Gasteiger partial charge in [0.25, 0.3) is 0 Å². The summed E-state index contributed by atoms with van der Waals surface area (Å²) in [6, 6.07) is 28.3. The molecule has 0 saturated carbocycles. The van der Waals surface area contributed by atoms with Crippen molar-refractivity contribution in [3.63, 3.8) is 0 Å². The smallest absolute Gasteiger partial charge is 0.222 e. The third kappa shape index (κ3) is 3.94. The van der Waals surface area contributed by atoms with Gasteiger partial charge in [0.1, 0.15) is 17.1 Å². The number of nitrogen functional groups attached to an aromatic ring is 2. The van der Waals surface area contributed by atoms with E-state index in [1.54, 1.807) is 0 Å². The highest BCUT2D eigenvalue weighted by atomic mass is 15.0. The standard InChI is InChI=1S/C28H18N4/c29-27-25(15-11-19-9-13-21-5-1-3-7-23(21)17-19)31-28(30)32-26(27)16-12-20-10-14-22-6-2-4-8-24(22)18-20/h1-10,13-14,17-18H,29H2,(H2,30,31,32). The summed E-state index contributed by atoms with van der Waals surface area (Å²) >= 11 is 0. The molecule has 0 spiro atoms. The van der Waals surface area contributed by atoms with Crippen LogP contribution in [0.5, 0.6) is 0 Å². The number of benzene rings is 4. The molecule has 1 aromatic heterocycles. The first-order valence-corrected chi connectivity index (χ1v) is 10.1. The molecule has 0 fully saturated rings. The lowest BCUT2D eigenvalue weighted by Crippen LogP contribution is -2.05. The summed E-state index contributed by atoms with van der Waals surface area (Å²) < 4.78 is 0. The van der Waals surface area contributed by atoms with Crippen LogP contribution in [0.25, 0.3) is 21.5 Å². The highest BCUT2D eigenvalue weighted by Crippen LogP contribution is 2.18. The lowest BCUT2D eigenvalue weighted by atomic mass is 10.1. The summed E-state index contributed by atoms with van der Waals surface area (Å²) in [6.07, 6.45) is 0.